The van der Waals surface area contributed by atoms with E-state index in [1.807, 2.05) is 71.0 Å². The highest BCUT2D eigenvalue weighted by Gasteiger charge is 2.33. The molecule has 36 heavy (non-hydrogen) atoms. The van der Waals surface area contributed by atoms with Gasteiger partial charge in [-0.05, 0) is 82.5 Å². The van der Waals surface area contributed by atoms with Crippen molar-refractivity contribution < 1.29 is 14.3 Å². The fourth-order valence-corrected chi connectivity index (χ4v) is 5.58. The van der Waals surface area contributed by atoms with E-state index in [9.17, 15) is 4.79 Å². The molecule has 5 nitrogen and oxygen atoms in total. The second-order valence-electron chi connectivity index (χ2n) is 9.54. The first kappa shape index (κ1) is 26.6. The Hall–Kier alpha value is -2.51. The summed E-state index contributed by atoms with van der Waals surface area (Å²) in [5.74, 6) is -0.424. The average Bonchev–Trinajstić information content (AvgIpc) is 3.22. The smallest absolute Gasteiger partial charge is 0.339 e. The molecule has 188 valence electrons. The number of rotatable bonds is 6. The molecule has 1 unspecified atom stereocenters. The van der Waals surface area contributed by atoms with Crippen LogP contribution >= 0.6 is 34.5 Å². The maximum Gasteiger partial charge on any atom is 0.339 e. The van der Waals surface area contributed by atoms with Crippen LogP contribution in [0.3, 0.4) is 0 Å². The van der Waals surface area contributed by atoms with Gasteiger partial charge in [0.05, 0.1) is 22.4 Å². The first-order valence-electron chi connectivity index (χ1n) is 11.7. The minimum Gasteiger partial charge on any atom is -0.464 e. The molecule has 4 rings (SSSR count). The van der Waals surface area contributed by atoms with Crippen molar-refractivity contribution in [1.29, 1.82) is 0 Å². The molecule has 4 aromatic rings. The number of fused-ring (bicyclic) bond motifs is 1. The van der Waals surface area contributed by atoms with E-state index in [0.717, 1.165) is 48.6 Å². The first-order valence-corrected chi connectivity index (χ1v) is 13.2. The van der Waals surface area contributed by atoms with E-state index in [0.29, 0.717) is 10.2 Å². The molecule has 2 aromatic heterocycles. The number of hydrogen-bond donors (Lipinski definition) is 0. The number of ether oxygens (including phenoxy) is 2. The van der Waals surface area contributed by atoms with Gasteiger partial charge in [0.2, 0.25) is 0 Å². The molecular formula is C28H28Cl2N2O3S. The number of halogens is 2. The van der Waals surface area contributed by atoms with Crippen LogP contribution in [0.25, 0.3) is 31.9 Å². The van der Waals surface area contributed by atoms with Gasteiger partial charge in [0.25, 0.3) is 0 Å². The van der Waals surface area contributed by atoms with Gasteiger partial charge in [-0.3, -0.25) is 0 Å². The van der Waals surface area contributed by atoms with Gasteiger partial charge in [-0.15, -0.1) is 11.3 Å². The molecule has 0 amide bonds. The van der Waals surface area contributed by atoms with Crippen LogP contribution in [0.1, 0.15) is 50.5 Å². The second kappa shape index (κ2) is 10.5. The van der Waals surface area contributed by atoms with E-state index in [1.165, 1.54) is 0 Å². The minimum atomic E-state index is -0.914. The summed E-state index contributed by atoms with van der Waals surface area (Å²) in [7, 11) is 0. The Morgan fingerprint density at radius 2 is 1.78 bits per heavy atom. The maximum atomic E-state index is 13.3. The van der Waals surface area contributed by atoms with Crippen LogP contribution < -0.4 is 0 Å². The summed E-state index contributed by atoms with van der Waals surface area (Å²) in [4.78, 5) is 22.4. The van der Waals surface area contributed by atoms with Crippen molar-refractivity contribution in [3.8, 4) is 21.7 Å². The third-order valence-corrected chi connectivity index (χ3v) is 7.18. The van der Waals surface area contributed by atoms with E-state index in [-0.39, 0.29) is 6.61 Å². The summed E-state index contributed by atoms with van der Waals surface area (Å²) < 4.78 is 12.7. The largest absolute Gasteiger partial charge is 0.464 e. The van der Waals surface area contributed by atoms with E-state index in [1.54, 1.807) is 24.5 Å². The number of benzene rings is 2. The van der Waals surface area contributed by atoms with E-state index >= 15 is 0 Å². The molecule has 0 saturated carbocycles. The van der Waals surface area contributed by atoms with E-state index < -0.39 is 17.7 Å². The molecule has 0 radical (unpaired) electrons. The summed E-state index contributed by atoms with van der Waals surface area (Å²) in [6.45, 7) is 11.8. The Labute approximate surface area is 225 Å². The van der Waals surface area contributed by atoms with Crippen LogP contribution in [0.2, 0.25) is 10.2 Å². The molecule has 0 aliphatic rings. The zero-order chi connectivity index (χ0) is 26.2. The Morgan fingerprint density at radius 3 is 2.42 bits per heavy atom. The number of pyridine rings is 1. The highest BCUT2D eigenvalue weighted by Crippen LogP contribution is 2.45. The van der Waals surface area contributed by atoms with Crippen molar-refractivity contribution in [3.05, 3.63) is 69.5 Å². The zero-order valence-corrected chi connectivity index (χ0v) is 23.4. The predicted molar refractivity (Wildman–Crippen MR) is 148 cm³/mol. The summed E-state index contributed by atoms with van der Waals surface area (Å²) in [5.41, 5.74) is 5.58. The molecule has 8 heteroatoms. The Morgan fingerprint density at radius 1 is 1.08 bits per heavy atom. The lowest BCUT2D eigenvalue weighted by atomic mass is 9.91. The molecule has 0 aliphatic carbocycles. The number of thiazole rings is 1. The molecular weight excluding hydrogens is 515 g/mol. The van der Waals surface area contributed by atoms with Crippen LogP contribution in [-0.2, 0) is 14.3 Å². The van der Waals surface area contributed by atoms with Crippen LogP contribution in [0, 0.1) is 13.8 Å². The molecule has 0 spiro atoms. The van der Waals surface area contributed by atoms with Gasteiger partial charge in [-0.25, -0.2) is 14.8 Å². The van der Waals surface area contributed by atoms with Crippen molar-refractivity contribution in [2.45, 2.75) is 53.2 Å². The Bertz CT molecular complexity index is 1430. The molecule has 0 fully saturated rings. The van der Waals surface area contributed by atoms with Gasteiger partial charge in [0.1, 0.15) is 10.2 Å². The number of aromatic nitrogens is 2. The van der Waals surface area contributed by atoms with Crippen molar-refractivity contribution in [2.75, 3.05) is 6.61 Å². The van der Waals surface area contributed by atoms with Gasteiger partial charge in [-0.2, -0.15) is 0 Å². The van der Waals surface area contributed by atoms with Crippen molar-refractivity contribution in [3.63, 3.8) is 0 Å². The van der Waals surface area contributed by atoms with Gasteiger partial charge >= 0.3 is 5.97 Å². The number of aryl methyl sites for hydroxylation is 2. The standard InChI is InChI=1S/C28H28Cl2N2O3S/c1-7-34-27(33)24(35-28(4,5)6)22-15(2)12-20-25(23(22)17-8-10-18(29)11-9-17)36-26(32-20)19-13-21(30)31-14-16(19)3/h8-14,24H,7H2,1-6H3. The van der Waals surface area contributed by atoms with E-state index in [4.69, 9.17) is 37.7 Å². The Balaban J connectivity index is 2.05. The third-order valence-electron chi connectivity index (χ3n) is 5.60. The third kappa shape index (κ3) is 5.57. The molecule has 1 atom stereocenters. The van der Waals surface area contributed by atoms with Crippen molar-refractivity contribution in [2.24, 2.45) is 0 Å². The van der Waals surface area contributed by atoms with Gasteiger partial charge in [0.15, 0.2) is 6.10 Å². The van der Waals surface area contributed by atoms with Crippen LogP contribution in [-0.4, -0.2) is 28.1 Å². The van der Waals surface area contributed by atoms with Gasteiger partial charge in [-0.1, -0.05) is 35.3 Å². The average molecular weight is 544 g/mol. The summed E-state index contributed by atoms with van der Waals surface area (Å²) >= 11 is 14.0. The highest BCUT2D eigenvalue weighted by molar-refractivity contribution is 7.22. The fraction of sp³-hybridized carbons (Fsp3) is 0.321. The molecule has 0 saturated heterocycles. The van der Waals surface area contributed by atoms with Crippen LogP contribution in [0.4, 0.5) is 0 Å². The molecule has 0 bridgehead atoms. The van der Waals surface area contributed by atoms with E-state index in [2.05, 4.69) is 4.98 Å². The summed E-state index contributed by atoms with van der Waals surface area (Å²) in [6, 6.07) is 11.4. The number of hydrogen-bond acceptors (Lipinski definition) is 6. The number of esters is 1. The monoisotopic (exact) mass is 542 g/mol. The molecule has 0 N–H and O–H groups in total. The topological polar surface area (TPSA) is 61.3 Å². The highest BCUT2D eigenvalue weighted by atomic mass is 35.5. The van der Waals surface area contributed by atoms with Crippen LogP contribution in [0.15, 0.2) is 42.6 Å². The van der Waals surface area contributed by atoms with Crippen molar-refractivity contribution >= 4 is 50.7 Å². The number of nitrogens with zero attached hydrogens (tertiary/aromatic N) is 2. The molecule has 2 aromatic carbocycles. The summed E-state index contributed by atoms with van der Waals surface area (Å²) in [6.07, 6.45) is 0.830. The van der Waals surface area contributed by atoms with Gasteiger partial charge in [0, 0.05) is 27.9 Å². The normalized spacial score (nSPS) is 12.7. The number of carbonyl (C=O) groups is 1. The van der Waals surface area contributed by atoms with Crippen LogP contribution in [0.5, 0.6) is 0 Å². The lowest BCUT2D eigenvalue weighted by Gasteiger charge is -2.29. The fourth-order valence-electron chi connectivity index (χ4n) is 4.09. The number of carbonyl (C=O) groups excluding carboxylic acids is 1. The predicted octanol–water partition coefficient (Wildman–Crippen LogP) is 8.37. The molecule has 0 aliphatic heterocycles. The van der Waals surface area contributed by atoms with Crippen molar-refractivity contribution in [1.82, 2.24) is 9.97 Å². The SMILES string of the molecule is CCOC(=O)C(OC(C)(C)C)c1c(C)cc2nc(-c3cc(Cl)ncc3C)sc2c1-c1ccc(Cl)cc1. The minimum absolute atomic E-state index is 0.257. The van der Waals surface area contributed by atoms with Gasteiger partial charge < -0.3 is 9.47 Å². The summed E-state index contributed by atoms with van der Waals surface area (Å²) in [5, 5.41) is 1.86. The lowest BCUT2D eigenvalue weighted by molar-refractivity contribution is -0.166. The second-order valence-corrected chi connectivity index (χ2v) is 11.4. The quantitative estimate of drug-likeness (QED) is 0.181. The first-order chi connectivity index (χ1) is 17.0. The zero-order valence-electron chi connectivity index (χ0n) is 21.1. The Kier molecular flexibility index (Phi) is 7.72. The maximum absolute atomic E-state index is 13.3. The lowest BCUT2D eigenvalue weighted by Crippen LogP contribution is -2.29. The molecule has 2 heterocycles.